The molecule has 0 atom stereocenters. The Morgan fingerprint density at radius 3 is 1.92 bits per heavy atom. The lowest BCUT2D eigenvalue weighted by atomic mass is 10.0. The number of aromatic hydroxyl groups is 1. The molecule has 0 radical (unpaired) electrons. The molecule has 4 rings (SSSR count). The van der Waals surface area contributed by atoms with Gasteiger partial charge in [-0.15, -0.1) is 0 Å². The fourth-order valence-electron chi connectivity index (χ4n) is 3.38. The Labute approximate surface area is 213 Å². The average molecular weight is 554 g/mol. The number of hydrogen-bond acceptors (Lipinski definition) is 8. The molecule has 0 saturated heterocycles. The summed E-state index contributed by atoms with van der Waals surface area (Å²) in [6.45, 7) is 0. The Hall–Kier alpha value is -4.39. The van der Waals surface area contributed by atoms with E-state index in [0.29, 0.717) is 11.6 Å². The number of ether oxygens (including phenoxy) is 2. The van der Waals surface area contributed by atoms with Gasteiger partial charge in [0.05, 0.1) is 25.3 Å². The van der Waals surface area contributed by atoms with Gasteiger partial charge in [0.2, 0.25) is 0 Å². The largest absolute Gasteiger partial charge is 0.534 e. The van der Waals surface area contributed by atoms with Gasteiger partial charge in [0.1, 0.15) is 5.75 Å². The van der Waals surface area contributed by atoms with Gasteiger partial charge in [-0.3, -0.25) is 0 Å². The van der Waals surface area contributed by atoms with E-state index in [2.05, 4.69) is 13.7 Å². The van der Waals surface area contributed by atoms with E-state index in [4.69, 9.17) is 0 Å². The van der Waals surface area contributed by atoms with Gasteiger partial charge in [0.25, 0.3) is 0 Å². The van der Waals surface area contributed by atoms with Crippen molar-refractivity contribution in [1.82, 2.24) is 0 Å². The number of fused-ring (bicyclic) bond motifs is 2. The minimum Gasteiger partial charge on any atom is -0.508 e. The smallest absolute Gasteiger partial charge is 0.508 e. The van der Waals surface area contributed by atoms with Crippen LogP contribution in [0.2, 0.25) is 0 Å². The van der Waals surface area contributed by atoms with E-state index in [0.717, 1.165) is 30.0 Å². The maximum Gasteiger partial charge on any atom is 0.534 e. The summed E-state index contributed by atoms with van der Waals surface area (Å²) in [5, 5.41) is 10.6. The van der Waals surface area contributed by atoms with Crippen molar-refractivity contribution in [2.24, 2.45) is 0 Å². The van der Waals surface area contributed by atoms with Crippen LogP contribution >= 0.6 is 0 Å². The van der Waals surface area contributed by atoms with Gasteiger partial charge in [-0.05, 0) is 58.6 Å². The number of halogens is 4. The summed E-state index contributed by atoms with van der Waals surface area (Å²) in [6.07, 6.45) is 0. The van der Waals surface area contributed by atoms with Crippen LogP contribution in [0.25, 0.3) is 21.5 Å². The number of rotatable bonds is 4. The highest BCUT2D eigenvalue weighted by Crippen LogP contribution is 2.33. The molecule has 0 aliphatic carbocycles. The van der Waals surface area contributed by atoms with Gasteiger partial charge < -0.3 is 18.8 Å². The molecule has 0 amide bonds. The molecule has 0 unspecified atom stereocenters. The van der Waals surface area contributed by atoms with Crippen molar-refractivity contribution in [2.75, 3.05) is 14.2 Å². The number of methoxy groups -OCH3 is 2. The lowest BCUT2D eigenvalue weighted by Gasteiger charge is -2.12. The third-order valence-electron chi connectivity index (χ3n) is 5.12. The van der Waals surface area contributed by atoms with Gasteiger partial charge in [0, 0.05) is 5.39 Å². The minimum absolute atomic E-state index is 0.0332. The van der Waals surface area contributed by atoms with Crippen molar-refractivity contribution in [3.63, 3.8) is 0 Å². The van der Waals surface area contributed by atoms with E-state index >= 15 is 0 Å². The van der Waals surface area contributed by atoms with Crippen LogP contribution in [0.4, 0.5) is 17.6 Å². The summed E-state index contributed by atoms with van der Waals surface area (Å²) >= 11 is 0. The van der Waals surface area contributed by atoms with Crippen molar-refractivity contribution in [3.05, 3.63) is 83.7 Å². The molecule has 0 heterocycles. The Bertz CT molecular complexity index is 1630. The first-order chi connectivity index (χ1) is 17.8. The predicted octanol–water partition coefficient (Wildman–Crippen LogP) is 5.33. The van der Waals surface area contributed by atoms with Crippen LogP contribution in [0, 0.1) is 5.82 Å². The molecule has 1 N–H and O–H groups in total. The Kier molecular flexibility index (Phi) is 8.10. The third kappa shape index (κ3) is 5.78. The Balaban J connectivity index is 0.000000230. The van der Waals surface area contributed by atoms with Crippen LogP contribution in [0.3, 0.4) is 0 Å². The first-order valence-corrected chi connectivity index (χ1v) is 11.8. The van der Waals surface area contributed by atoms with Crippen LogP contribution in [0.1, 0.15) is 20.7 Å². The second kappa shape index (κ2) is 10.9. The van der Waals surface area contributed by atoms with Crippen LogP contribution in [0.5, 0.6) is 11.5 Å². The predicted molar refractivity (Wildman–Crippen MR) is 128 cm³/mol. The highest BCUT2D eigenvalue weighted by Gasteiger charge is 2.49. The van der Waals surface area contributed by atoms with Gasteiger partial charge in [-0.2, -0.15) is 21.6 Å². The van der Waals surface area contributed by atoms with Crippen molar-refractivity contribution in [2.45, 2.75) is 5.51 Å². The number of carbonyl (C=O) groups excluding carboxylic acids is 2. The van der Waals surface area contributed by atoms with E-state index in [1.165, 1.54) is 19.2 Å². The lowest BCUT2D eigenvalue weighted by Crippen LogP contribution is -2.28. The Morgan fingerprint density at radius 1 is 0.789 bits per heavy atom. The molecule has 4 aromatic carbocycles. The molecule has 13 heteroatoms. The minimum atomic E-state index is -6.00. The van der Waals surface area contributed by atoms with Crippen molar-refractivity contribution in [3.8, 4) is 11.5 Å². The van der Waals surface area contributed by atoms with Gasteiger partial charge in [-0.25, -0.2) is 14.0 Å². The monoisotopic (exact) mass is 554 g/mol. The van der Waals surface area contributed by atoms with E-state index < -0.39 is 33.2 Å². The zero-order chi connectivity index (χ0) is 28.3. The number of benzene rings is 4. The van der Waals surface area contributed by atoms with Crippen LogP contribution in [-0.4, -0.2) is 45.2 Å². The molecule has 0 aliphatic rings. The molecule has 0 saturated carbocycles. The summed E-state index contributed by atoms with van der Waals surface area (Å²) < 4.78 is 85.9. The van der Waals surface area contributed by atoms with Crippen molar-refractivity contribution < 1.29 is 54.3 Å². The summed E-state index contributed by atoms with van der Waals surface area (Å²) in [5.74, 6) is -3.44. The second-order valence-corrected chi connectivity index (χ2v) is 8.99. The topological polar surface area (TPSA) is 116 Å². The molecule has 200 valence electrons. The number of carbonyl (C=O) groups is 2. The van der Waals surface area contributed by atoms with E-state index in [1.54, 1.807) is 30.3 Å². The standard InChI is InChI=1S/C13H8F4O5S.C12H10O3/c1-21-12(18)9-4-2-3-8-7(9)5-6-10(11(8)14)22-23(19,20)13(15,16)17;1-15-12(14)11-4-2-3-8-7-9(13)5-6-10(8)11/h2-6H,1H3;2-7,13H,1H3. The summed E-state index contributed by atoms with van der Waals surface area (Å²) in [6, 6.07) is 15.7. The van der Waals surface area contributed by atoms with Crippen LogP contribution < -0.4 is 4.18 Å². The molecule has 0 spiro atoms. The van der Waals surface area contributed by atoms with E-state index in [9.17, 15) is 40.7 Å². The molecule has 38 heavy (non-hydrogen) atoms. The van der Waals surface area contributed by atoms with Crippen molar-refractivity contribution >= 4 is 43.6 Å². The summed E-state index contributed by atoms with van der Waals surface area (Å²) in [4.78, 5) is 23.0. The number of hydrogen-bond donors (Lipinski definition) is 1. The summed E-state index contributed by atoms with van der Waals surface area (Å²) in [5.41, 5.74) is -5.22. The van der Waals surface area contributed by atoms with Gasteiger partial charge >= 0.3 is 27.6 Å². The maximum atomic E-state index is 14.2. The first kappa shape index (κ1) is 28.2. The fourth-order valence-corrected chi connectivity index (χ4v) is 3.84. The van der Waals surface area contributed by atoms with E-state index in [1.807, 2.05) is 6.07 Å². The quantitative estimate of drug-likeness (QED) is 0.156. The van der Waals surface area contributed by atoms with Gasteiger partial charge in [-0.1, -0.05) is 24.3 Å². The zero-order valence-electron chi connectivity index (χ0n) is 19.6. The average Bonchev–Trinajstić information content (AvgIpc) is 2.88. The third-order valence-corrected chi connectivity index (χ3v) is 6.08. The number of esters is 2. The fraction of sp³-hybridized carbons (Fsp3) is 0.120. The number of alkyl halides is 3. The first-order valence-electron chi connectivity index (χ1n) is 10.4. The molecule has 0 bridgehead atoms. The number of phenolic OH excluding ortho intramolecular Hbond substituents is 1. The van der Waals surface area contributed by atoms with Crippen molar-refractivity contribution in [1.29, 1.82) is 0 Å². The summed E-state index contributed by atoms with van der Waals surface area (Å²) in [7, 11) is -3.55. The van der Waals surface area contributed by atoms with Gasteiger partial charge in [0.15, 0.2) is 11.6 Å². The molecular weight excluding hydrogens is 536 g/mol. The highest BCUT2D eigenvalue weighted by molar-refractivity contribution is 7.88. The molecule has 0 aromatic heterocycles. The molecule has 0 fully saturated rings. The maximum absolute atomic E-state index is 14.2. The highest BCUT2D eigenvalue weighted by atomic mass is 32.2. The molecule has 8 nitrogen and oxygen atoms in total. The second-order valence-electron chi connectivity index (χ2n) is 7.46. The normalized spacial score (nSPS) is 11.4. The Morgan fingerprint density at radius 2 is 1.34 bits per heavy atom. The zero-order valence-corrected chi connectivity index (χ0v) is 20.4. The number of phenols is 1. The SMILES string of the molecule is COC(=O)c1cccc2c(F)c(OS(=O)(=O)C(F)(F)F)ccc12.COC(=O)c1cccc2cc(O)ccc12. The van der Waals surface area contributed by atoms with E-state index in [-0.39, 0.29) is 28.1 Å². The van der Waals surface area contributed by atoms with Crippen LogP contribution in [0.15, 0.2) is 66.7 Å². The lowest BCUT2D eigenvalue weighted by molar-refractivity contribution is -0.0500. The van der Waals surface area contributed by atoms with Crippen LogP contribution in [-0.2, 0) is 19.6 Å². The molecule has 0 aliphatic heterocycles. The molecule has 4 aromatic rings. The molecular formula is C25H18F4O8S.